The largest absolute Gasteiger partial charge is 0.396 e. The van der Waals surface area contributed by atoms with Crippen molar-refractivity contribution in [1.29, 1.82) is 0 Å². The number of hydrogen-bond donors (Lipinski definition) is 4. The number of nitrogen functional groups attached to an aromatic ring is 1. The second-order valence-corrected chi connectivity index (χ2v) is 4.49. The minimum absolute atomic E-state index is 0.0228. The summed E-state index contributed by atoms with van der Waals surface area (Å²) in [4.78, 5) is 22.0. The number of aliphatic hydroxyl groups is 2. The van der Waals surface area contributed by atoms with Crippen LogP contribution in [-0.2, 0) is 0 Å². The highest BCUT2D eigenvalue weighted by Gasteiger charge is 2.41. The van der Waals surface area contributed by atoms with Gasteiger partial charge in [-0.1, -0.05) is 0 Å². The van der Waals surface area contributed by atoms with Crippen LogP contribution in [0, 0.1) is 5.92 Å². The molecule has 0 amide bonds. The maximum atomic E-state index is 11.6. The molecule has 18 heavy (non-hydrogen) atoms. The fourth-order valence-corrected chi connectivity index (χ4v) is 2.41. The van der Waals surface area contributed by atoms with Gasteiger partial charge in [0.2, 0.25) is 5.95 Å². The molecule has 96 valence electrons. The van der Waals surface area contributed by atoms with Crippen LogP contribution >= 0.6 is 0 Å². The van der Waals surface area contributed by atoms with Crippen LogP contribution in [-0.4, -0.2) is 42.4 Å². The van der Waals surface area contributed by atoms with Crippen molar-refractivity contribution in [2.24, 2.45) is 5.92 Å². The Labute approximate surface area is 101 Å². The second kappa shape index (κ2) is 3.79. The van der Waals surface area contributed by atoms with Crippen molar-refractivity contribution in [1.82, 2.24) is 19.5 Å². The number of nitrogens with zero attached hydrogens (tertiary/aromatic N) is 3. The Morgan fingerprint density at radius 3 is 3.06 bits per heavy atom. The highest BCUT2D eigenvalue weighted by molar-refractivity contribution is 5.70. The van der Waals surface area contributed by atoms with Crippen LogP contribution in [0.5, 0.6) is 0 Å². The van der Waals surface area contributed by atoms with Gasteiger partial charge in [0.15, 0.2) is 11.2 Å². The SMILES string of the molecule is Nc1nc2c(ncn2[C@@H]2C[C@H](O)C2CO)c(=O)[nH]1. The van der Waals surface area contributed by atoms with Crippen molar-refractivity contribution in [2.45, 2.75) is 18.6 Å². The van der Waals surface area contributed by atoms with Gasteiger partial charge in [0.05, 0.1) is 19.0 Å². The molecule has 0 bridgehead atoms. The predicted molar refractivity (Wildman–Crippen MR) is 62.8 cm³/mol. The number of rotatable bonds is 2. The summed E-state index contributed by atoms with van der Waals surface area (Å²) in [5.74, 6) is -0.237. The average molecular weight is 251 g/mol. The van der Waals surface area contributed by atoms with Crippen molar-refractivity contribution in [2.75, 3.05) is 12.3 Å². The summed E-state index contributed by atoms with van der Waals surface area (Å²) < 4.78 is 1.69. The number of aromatic nitrogens is 4. The molecule has 1 aliphatic carbocycles. The first-order chi connectivity index (χ1) is 8.61. The minimum atomic E-state index is -0.531. The van der Waals surface area contributed by atoms with E-state index in [1.807, 2.05) is 0 Å². The summed E-state index contributed by atoms with van der Waals surface area (Å²) in [6, 6.07) is -0.108. The molecule has 3 atom stereocenters. The molecule has 0 aromatic carbocycles. The summed E-state index contributed by atoms with van der Waals surface area (Å²) in [5, 5.41) is 18.8. The third-order valence-corrected chi connectivity index (χ3v) is 3.49. The van der Waals surface area contributed by atoms with E-state index in [2.05, 4.69) is 15.0 Å². The van der Waals surface area contributed by atoms with E-state index in [4.69, 9.17) is 5.73 Å². The van der Waals surface area contributed by atoms with E-state index in [-0.39, 0.29) is 30.0 Å². The molecule has 0 saturated heterocycles. The Hall–Kier alpha value is -1.93. The van der Waals surface area contributed by atoms with Gasteiger partial charge in [0.25, 0.3) is 5.56 Å². The Balaban J connectivity index is 2.11. The third-order valence-electron chi connectivity index (χ3n) is 3.49. The standard InChI is InChI=1S/C10H13N5O3/c11-10-13-8-7(9(18)14-10)12-3-15(8)5-1-6(17)4(5)2-16/h3-6,16-17H,1-2H2,(H3,11,13,14,18)/t4?,5-,6+/m1/s1. The molecule has 1 saturated carbocycles. The van der Waals surface area contributed by atoms with Gasteiger partial charge in [-0.05, 0) is 6.42 Å². The number of hydrogen-bond acceptors (Lipinski definition) is 6. The van der Waals surface area contributed by atoms with E-state index in [1.54, 1.807) is 4.57 Å². The van der Waals surface area contributed by atoms with Crippen molar-refractivity contribution >= 4 is 17.1 Å². The number of fused-ring (bicyclic) bond motifs is 1. The molecule has 3 rings (SSSR count). The molecule has 0 spiro atoms. The van der Waals surface area contributed by atoms with Gasteiger partial charge in [-0.2, -0.15) is 4.98 Å². The lowest BCUT2D eigenvalue weighted by Crippen LogP contribution is -2.44. The quantitative estimate of drug-likeness (QED) is 0.520. The monoisotopic (exact) mass is 251 g/mol. The van der Waals surface area contributed by atoms with E-state index in [9.17, 15) is 15.0 Å². The number of anilines is 1. The normalized spacial score (nSPS) is 27.3. The van der Waals surface area contributed by atoms with Crippen LogP contribution in [0.15, 0.2) is 11.1 Å². The summed E-state index contributed by atoms with van der Waals surface area (Å²) in [5.41, 5.74) is 5.70. The Morgan fingerprint density at radius 1 is 1.61 bits per heavy atom. The molecule has 0 aliphatic heterocycles. The zero-order valence-corrected chi connectivity index (χ0v) is 9.45. The molecule has 2 aromatic rings. The zero-order chi connectivity index (χ0) is 12.9. The molecule has 1 unspecified atom stereocenters. The van der Waals surface area contributed by atoms with E-state index in [1.165, 1.54) is 6.33 Å². The maximum Gasteiger partial charge on any atom is 0.280 e. The topological polar surface area (TPSA) is 130 Å². The Morgan fingerprint density at radius 2 is 2.39 bits per heavy atom. The van der Waals surface area contributed by atoms with Gasteiger partial charge in [-0.3, -0.25) is 9.78 Å². The van der Waals surface area contributed by atoms with Gasteiger partial charge < -0.3 is 20.5 Å². The minimum Gasteiger partial charge on any atom is -0.396 e. The molecule has 0 radical (unpaired) electrons. The molecule has 1 aliphatic rings. The lowest BCUT2D eigenvalue weighted by Gasteiger charge is -2.41. The lowest BCUT2D eigenvalue weighted by molar-refractivity contribution is -0.0512. The number of nitrogens with two attached hydrogens (primary N) is 1. The Bertz CT molecular complexity index is 648. The summed E-state index contributed by atoms with van der Waals surface area (Å²) >= 11 is 0. The molecular formula is C10H13N5O3. The maximum absolute atomic E-state index is 11.6. The molecular weight excluding hydrogens is 238 g/mol. The molecule has 5 N–H and O–H groups in total. The number of H-pyrrole nitrogens is 1. The molecule has 1 fully saturated rings. The number of nitrogens with one attached hydrogen (secondary N) is 1. The van der Waals surface area contributed by atoms with Crippen LogP contribution in [0.1, 0.15) is 12.5 Å². The third kappa shape index (κ3) is 1.42. The average Bonchev–Trinajstić information content (AvgIpc) is 2.69. The van der Waals surface area contributed by atoms with Gasteiger partial charge in [0.1, 0.15) is 0 Å². The Kier molecular flexibility index (Phi) is 2.35. The highest BCUT2D eigenvalue weighted by Crippen LogP contribution is 2.39. The lowest BCUT2D eigenvalue weighted by atomic mass is 9.77. The zero-order valence-electron chi connectivity index (χ0n) is 9.45. The predicted octanol–water partition coefficient (Wildman–Crippen LogP) is -1.38. The van der Waals surface area contributed by atoms with Crippen molar-refractivity contribution in [3.63, 3.8) is 0 Å². The van der Waals surface area contributed by atoms with E-state index >= 15 is 0 Å². The van der Waals surface area contributed by atoms with Crippen LogP contribution < -0.4 is 11.3 Å². The number of imidazole rings is 1. The van der Waals surface area contributed by atoms with Crippen LogP contribution in [0.2, 0.25) is 0 Å². The van der Waals surface area contributed by atoms with Crippen molar-refractivity contribution in [3.8, 4) is 0 Å². The molecule has 8 heteroatoms. The second-order valence-electron chi connectivity index (χ2n) is 4.49. The van der Waals surface area contributed by atoms with E-state index in [0.29, 0.717) is 12.1 Å². The molecule has 2 heterocycles. The fourth-order valence-electron chi connectivity index (χ4n) is 2.41. The van der Waals surface area contributed by atoms with Gasteiger partial charge in [0, 0.05) is 12.0 Å². The van der Waals surface area contributed by atoms with Crippen molar-refractivity contribution in [3.05, 3.63) is 16.7 Å². The first-order valence-electron chi connectivity index (χ1n) is 5.63. The highest BCUT2D eigenvalue weighted by atomic mass is 16.3. The molecule has 2 aromatic heterocycles. The van der Waals surface area contributed by atoms with Gasteiger partial charge >= 0.3 is 0 Å². The first-order valence-corrected chi connectivity index (χ1v) is 5.63. The molecule has 8 nitrogen and oxygen atoms in total. The summed E-state index contributed by atoms with van der Waals surface area (Å²) in [6.45, 7) is -0.121. The first kappa shape index (κ1) is 11.2. The number of aliphatic hydroxyl groups excluding tert-OH is 2. The van der Waals surface area contributed by atoms with Crippen LogP contribution in [0.3, 0.4) is 0 Å². The van der Waals surface area contributed by atoms with E-state index < -0.39 is 11.7 Å². The van der Waals surface area contributed by atoms with Crippen molar-refractivity contribution < 1.29 is 10.2 Å². The smallest absolute Gasteiger partial charge is 0.280 e. The van der Waals surface area contributed by atoms with Crippen LogP contribution in [0.25, 0.3) is 11.2 Å². The van der Waals surface area contributed by atoms with Gasteiger partial charge in [-0.15, -0.1) is 0 Å². The van der Waals surface area contributed by atoms with Crippen LogP contribution in [0.4, 0.5) is 5.95 Å². The fraction of sp³-hybridized carbons (Fsp3) is 0.500. The summed E-state index contributed by atoms with van der Waals surface area (Å²) in [7, 11) is 0. The van der Waals surface area contributed by atoms with Gasteiger partial charge in [-0.25, -0.2) is 4.98 Å². The van der Waals surface area contributed by atoms with E-state index in [0.717, 1.165) is 0 Å². The summed E-state index contributed by atoms with van der Waals surface area (Å²) in [6.07, 6.45) is 1.47. The number of aromatic amines is 1.